The zero-order chi connectivity index (χ0) is 14.3. The molecule has 3 rings (SSSR count). The van der Waals surface area contributed by atoms with Crippen molar-refractivity contribution in [3.05, 3.63) is 35.5 Å². The average Bonchev–Trinajstić information content (AvgIpc) is 2.92. The van der Waals surface area contributed by atoms with Crippen molar-refractivity contribution in [3.63, 3.8) is 0 Å². The molecule has 6 heteroatoms. The molecule has 2 aromatic rings. The maximum absolute atomic E-state index is 11.6. The molecule has 0 unspecified atom stereocenters. The number of fused-ring (bicyclic) bond motifs is 1. The van der Waals surface area contributed by atoms with E-state index in [0.717, 1.165) is 16.8 Å². The van der Waals surface area contributed by atoms with Crippen LogP contribution in [0, 0.1) is 0 Å². The quantitative estimate of drug-likeness (QED) is 0.870. The van der Waals surface area contributed by atoms with Crippen LogP contribution >= 0.6 is 0 Å². The van der Waals surface area contributed by atoms with Crippen LogP contribution in [-0.2, 0) is 11.2 Å². The second-order valence-electron chi connectivity index (χ2n) is 4.76. The number of aromatic amines is 1. The Morgan fingerprint density at radius 2 is 2.20 bits per heavy atom. The Hall–Kier alpha value is -2.63. The van der Waals surface area contributed by atoms with E-state index in [-0.39, 0.29) is 11.5 Å². The maximum Gasteiger partial charge on any atom is 0.339 e. The Labute approximate surface area is 115 Å². The summed E-state index contributed by atoms with van der Waals surface area (Å²) >= 11 is 0. The van der Waals surface area contributed by atoms with Gasteiger partial charge in [0.1, 0.15) is 5.56 Å². The van der Waals surface area contributed by atoms with Gasteiger partial charge in [0.25, 0.3) is 0 Å². The van der Waals surface area contributed by atoms with Crippen molar-refractivity contribution in [2.75, 3.05) is 11.9 Å². The molecule has 2 N–H and O–H groups in total. The Balaban J connectivity index is 2.07. The number of carbonyl (C=O) groups is 2. The molecule has 0 saturated carbocycles. The number of carbonyl (C=O) groups excluding carboxylic acids is 1. The zero-order valence-electron chi connectivity index (χ0n) is 10.9. The van der Waals surface area contributed by atoms with Gasteiger partial charge in [-0.15, -0.1) is 0 Å². The summed E-state index contributed by atoms with van der Waals surface area (Å²) in [5.74, 6) is -0.920. The molecule has 0 atom stereocenters. The van der Waals surface area contributed by atoms with E-state index in [1.54, 1.807) is 18.0 Å². The SMILES string of the molecule is CN1C(=O)CCc2cc(-c3[nH]ncc3C(=O)O)ccc21. The minimum Gasteiger partial charge on any atom is -0.478 e. The van der Waals surface area contributed by atoms with Gasteiger partial charge < -0.3 is 10.0 Å². The highest BCUT2D eigenvalue weighted by Crippen LogP contribution is 2.31. The van der Waals surface area contributed by atoms with Gasteiger partial charge in [-0.3, -0.25) is 9.89 Å². The lowest BCUT2D eigenvalue weighted by atomic mass is 9.97. The Kier molecular flexibility index (Phi) is 2.78. The van der Waals surface area contributed by atoms with Crippen LogP contribution in [0.15, 0.2) is 24.4 Å². The van der Waals surface area contributed by atoms with Gasteiger partial charge in [-0.25, -0.2) is 4.79 Å². The number of carboxylic acids is 1. The molecule has 1 amide bonds. The number of aryl methyl sites for hydroxylation is 1. The minimum absolute atomic E-state index is 0.0954. The van der Waals surface area contributed by atoms with E-state index in [9.17, 15) is 9.59 Å². The van der Waals surface area contributed by atoms with Crippen molar-refractivity contribution in [1.29, 1.82) is 0 Å². The van der Waals surface area contributed by atoms with Crippen LogP contribution in [-0.4, -0.2) is 34.2 Å². The second kappa shape index (κ2) is 4.48. The van der Waals surface area contributed by atoms with Crippen molar-refractivity contribution in [2.24, 2.45) is 0 Å². The van der Waals surface area contributed by atoms with Crippen LogP contribution in [0.4, 0.5) is 5.69 Å². The fourth-order valence-electron chi connectivity index (χ4n) is 2.48. The Morgan fingerprint density at radius 3 is 2.95 bits per heavy atom. The number of amides is 1. The topological polar surface area (TPSA) is 86.3 Å². The summed E-state index contributed by atoms with van der Waals surface area (Å²) in [7, 11) is 1.75. The fourth-order valence-corrected chi connectivity index (χ4v) is 2.48. The van der Waals surface area contributed by atoms with E-state index in [4.69, 9.17) is 5.11 Å². The smallest absolute Gasteiger partial charge is 0.339 e. The summed E-state index contributed by atoms with van der Waals surface area (Å²) in [6, 6.07) is 5.56. The molecule has 1 aliphatic heterocycles. The molecule has 2 heterocycles. The van der Waals surface area contributed by atoms with Crippen LogP contribution in [0.3, 0.4) is 0 Å². The highest BCUT2D eigenvalue weighted by atomic mass is 16.4. The molecule has 0 radical (unpaired) electrons. The van der Waals surface area contributed by atoms with E-state index in [0.29, 0.717) is 18.5 Å². The number of hydrogen-bond donors (Lipinski definition) is 2. The zero-order valence-corrected chi connectivity index (χ0v) is 10.9. The van der Waals surface area contributed by atoms with Gasteiger partial charge in [0, 0.05) is 24.7 Å². The standard InChI is InChI=1S/C14H13N3O3/c1-17-11-4-2-9(6-8(11)3-5-12(17)18)13-10(14(19)20)7-15-16-13/h2,4,6-7H,3,5H2,1H3,(H,15,16)(H,19,20). The van der Waals surface area contributed by atoms with Crippen molar-refractivity contribution in [1.82, 2.24) is 10.2 Å². The van der Waals surface area contributed by atoms with Crippen LogP contribution < -0.4 is 4.90 Å². The third-order valence-electron chi connectivity index (χ3n) is 3.58. The number of carboxylic acid groups (broad SMARTS) is 1. The number of aromatic carboxylic acids is 1. The number of aromatic nitrogens is 2. The molecule has 1 aliphatic rings. The van der Waals surface area contributed by atoms with Gasteiger partial charge in [-0.2, -0.15) is 5.10 Å². The van der Waals surface area contributed by atoms with E-state index in [2.05, 4.69) is 10.2 Å². The molecule has 102 valence electrons. The first-order valence-corrected chi connectivity index (χ1v) is 6.24. The van der Waals surface area contributed by atoms with Crippen molar-refractivity contribution in [2.45, 2.75) is 12.8 Å². The van der Waals surface area contributed by atoms with Crippen molar-refractivity contribution in [3.8, 4) is 11.3 Å². The molecule has 1 aromatic heterocycles. The lowest BCUT2D eigenvalue weighted by Gasteiger charge is -2.26. The first-order chi connectivity index (χ1) is 9.58. The highest BCUT2D eigenvalue weighted by molar-refractivity contribution is 5.97. The molecule has 0 bridgehead atoms. The van der Waals surface area contributed by atoms with Crippen LogP contribution in [0.1, 0.15) is 22.3 Å². The maximum atomic E-state index is 11.6. The largest absolute Gasteiger partial charge is 0.478 e. The average molecular weight is 271 g/mol. The molecule has 0 aliphatic carbocycles. The van der Waals surface area contributed by atoms with Gasteiger partial charge in [0.15, 0.2) is 0 Å². The normalized spacial score (nSPS) is 14.2. The lowest BCUT2D eigenvalue weighted by molar-refractivity contribution is -0.118. The molecule has 0 fully saturated rings. The molecule has 6 nitrogen and oxygen atoms in total. The number of hydrogen-bond acceptors (Lipinski definition) is 3. The number of nitrogens with zero attached hydrogens (tertiary/aromatic N) is 2. The van der Waals surface area contributed by atoms with Crippen LogP contribution in [0.2, 0.25) is 0 Å². The Morgan fingerprint density at radius 1 is 1.40 bits per heavy atom. The number of H-pyrrole nitrogens is 1. The summed E-state index contributed by atoms with van der Waals surface area (Å²) in [6.45, 7) is 0. The van der Waals surface area contributed by atoms with Gasteiger partial charge in [-0.05, 0) is 24.1 Å². The van der Waals surface area contributed by atoms with Gasteiger partial charge >= 0.3 is 5.97 Å². The summed E-state index contributed by atoms with van der Waals surface area (Å²) in [5.41, 5.74) is 3.31. The number of nitrogens with one attached hydrogen (secondary N) is 1. The minimum atomic E-state index is -1.02. The van der Waals surface area contributed by atoms with E-state index >= 15 is 0 Å². The molecular formula is C14H13N3O3. The first-order valence-electron chi connectivity index (χ1n) is 6.24. The predicted octanol–water partition coefficient (Wildman–Crippen LogP) is 1.68. The molecule has 20 heavy (non-hydrogen) atoms. The molecule has 1 aromatic carbocycles. The fraction of sp³-hybridized carbons (Fsp3) is 0.214. The number of benzene rings is 1. The van der Waals surface area contributed by atoms with Gasteiger partial charge in [0.05, 0.1) is 11.9 Å². The third-order valence-corrected chi connectivity index (χ3v) is 3.58. The van der Waals surface area contributed by atoms with Gasteiger partial charge in [0.2, 0.25) is 5.91 Å². The van der Waals surface area contributed by atoms with E-state index in [1.807, 2.05) is 12.1 Å². The van der Waals surface area contributed by atoms with E-state index < -0.39 is 5.97 Å². The number of rotatable bonds is 2. The van der Waals surface area contributed by atoms with Crippen molar-refractivity contribution >= 4 is 17.6 Å². The molecule has 0 saturated heterocycles. The second-order valence-corrected chi connectivity index (χ2v) is 4.76. The molecular weight excluding hydrogens is 258 g/mol. The van der Waals surface area contributed by atoms with Crippen LogP contribution in [0.5, 0.6) is 0 Å². The highest BCUT2D eigenvalue weighted by Gasteiger charge is 2.22. The third kappa shape index (κ3) is 1.85. The lowest BCUT2D eigenvalue weighted by Crippen LogP contribution is -2.31. The first kappa shape index (κ1) is 12.4. The monoisotopic (exact) mass is 271 g/mol. The number of anilines is 1. The summed E-state index contributed by atoms with van der Waals surface area (Å²) in [6.07, 6.45) is 2.44. The van der Waals surface area contributed by atoms with Crippen molar-refractivity contribution < 1.29 is 14.7 Å². The predicted molar refractivity (Wildman–Crippen MR) is 72.7 cm³/mol. The van der Waals surface area contributed by atoms with Crippen LogP contribution in [0.25, 0.3) is 11.3 Å². The molecule has 0 spiro atoms. The summed E-state index contributed by atoms with van der Waals surface area (Å²) < 4.78 is 0. The van der Waals surface area contributed by atoms with E-state index in [1.165, 1.54) is 6.20 Å². The Bertz CT molecular complexity index is 705. The summed E-state index contributed by atoms with van der Waals surface area (Å²) in [4.78, 5) is 24.4. The van der Waals surface area contributed by atoms with Gasteiger partial charge in [-0.1, -0.05) is 6.07 Å². The summed E-state index contributed by atoms with van der Waals surface area (Å²) in [5, 5.41) is 15.6.